The zero-order chi connectivity index (χ0) is 32.1. The number of hydrogen-bond acceptors (Lipinski definition) is 9. The van der Waals surface area contributed by atoms with E-state index in [0.29, 0.717) is 44.5 Å². The van der Waals surface area contributed by atoms with Crippen LogP contribution in [0.3, 0.4) is 0 Å². The molecule has 0 saturated heterocycles. The van der Waals surface area contributed by atoms with Crippen LogP contribution in [0, 0.1) is 0 Å². The fraction of sp³-hybridized carbons (Fsp3) is 0.286. The highest BCUT2D eigenvalue weighted by atomic mass is 32.1. The summed E-state index contributed by atoms with van der Waals surface area (Å²) in [5, 5.41) is 0. The van der Waals surface area contributed by atoms with Crippen molar-refractivity contribution in [2.24, 2.45) is 4.99 Å². The minimum Gasteiger partial charge on any atom is -0.497 e. The Labute approximate surface area is 265 Å². The molecule has 1 aromatic heterocycles. The topological polar surface area (TPSA) is 97.6 Å². The summed E-state index contributed by atoms with van der Waals surface area (Å²) in [5.74, 6) is 2.30. The van der Waals surface area contributed by atoms with E-state index in [4.69, 9.17) is 23.7 Å². The summed E-state index contributed by atoms with van der Waals surface area (Å²) in [4.78, 5) is 32.2. The van der Waals surface area contributed by atoms with Gasteiger partial charge in [-0.05, 0) is 87.4 Å². The molecule has 0 aliphatic carbocycles. The van der Waals surface area contributed by atoms with Gasteiger partial charge in [-0.15, -0.1) is 0 Å². The number of benzene rings is 3. The smallest absolute Gasteiger partial charge is 0.338 e. The molecule has 2 heterocycles. The third kappa shape index (κ3) is 6.96. The first kappa shape index (κ1) is 31.6. The maximum Gasteiger partial charge on any atom is 0.338 e. The summed E-state index contributed by atoms with van der Waals surface area (Å²) in [6, 6.07) is 19.8. The van der Waals surface area contributed by atoms with E-state index in [2.05, 4.69) is 4.99 Å². The predicted molar refractivity (Wildman–Crippen MR) is 173 cm³/mol. The van der Waals surface area contributed by atoms with Gasteiger partial charge in [0.05, 0.1) is 48.8 Å². The highest BCUT2D eigenvalue weighted by molar-refractivity contribution is 7.07. The zero-order valence-electron chi connectivity index (χ0n) is 26.2. The summed E-state index contributed by atoms with van der Waals surface area (Å²) in [6.45, 7) is 7.94. The van der Waals surface area contributed by atoms with Gasteiger partial charge < -0.3 is 23.7 Å². The van der Waals surface area contributed by atoms with Crippen LogP contribution in [0.1, 0.15) is 50.4 Å². The van der Waals surface area contributed by atoms with Crippen molar-refractivity contribution in [3.63, 3.8) is 0 Å². The minimum absolute atomic E-state index is 0.0165. The third-order valence-corrected chi connectivity index (χ3v) is 8.13. The second kappa shape index (κ2) is 13.9. The summed E-state index contributed by atoms with van der Waals surface area (Å²) in [5.41, 5.74) is 3.04. The van der Waals surface area contributed by atoms with Crippen molar-refractivity contribution < 1.29 is 28.5 Å². The Hall–Kier alpha value is -4.83. The van der Waals surface area contributed by atoms with Gasteiger partial charge in [-0.3, -0.25) is 9.36 Å². The minimum atomic E-state index is -0.695. The monoisotopic (exact) mass is 628 g/mol. The van der Waals surface area contributed by atoms with E-state index in [1.54, 1.807) is 32.6 Å². The third-order valence-electron chi connectivity index (χ3n) is 7.14. The first-order chi connectivity index (χ1) is 21.7. The lowest BCUT2D eigenvalue weighted by Crippen LogP contribution is -2.39. The Bertz CT molecular complexity index is 1890. The molecule has 0 saturated carbocycles. The molecule has 1 aliphatic heterocycles. The number of esters is 1. The van der Waals surface area contributed by atoms with Crippen molar-refractivity contribution in [1.82, 2.24) is 4.57 Å². The lowest BCUT2D eigenvalue weighted by Gasteiger charge is -2.25. The molecule has 0 radical (unpaired) electrons. The molecule has 3 aromatic carbocycles. The molecule has 4 aromatic rings. The molecule has 9 nitrogen and oxygen atoms in total. The fourth-order valence-electron chi connectivity index (χ4n) is 5.08. The maximum atomic E-state index is 13.9. The van der Waals surface area contributed by atoms with Crippen molar-refractivity contribution in [2.45, 2.75) is 46.4 Å². The Balaban J connectivity index is 1.46. The van der Waals surface area contributed by atoms with Crippen LogP contribution >= 0.6 is 11.3 Å². The van der Waals surface area contributed by atoms with Crippen molar-refractivity contribution in [3.8, 4) is 23.0 Å². The van der Waals surface area contributed by atoms with Crippen LogP contribution in [0.25, 0.3) is 6.08 Å². The number of methoxy groups -OCH3 is 2. The van der Waals surface area contributed by atoms with E-state index >= 15 is 0 Å². The number of fused-ring (bicyclic) bond motifs is 1. The van der Waals surface area contributed by atoms with Crippen LogP contribution < -0.4 is 33.8 Å². The molecule has 1 aliphatic rings. The van der Waals surface area contributed by atoms with E-state index in [1.165, 1.54) is 11.3 Å². The van der Waals surface area contributed by atoms with Crippen molar-refractivity contribution in [3.05, 3.63) is 114 Å². The Morgan fingerprint density at radius 2 is 1.67 bits per heavy atom. The number of aromatic nitrogens is 1. The first-order valence-electron chi connectivity index (χ1n) is 14.6. The summed E-state index contributed by atoms with van der Waals surface area (Å²) < 4.78 is 30.0. The standard InChI is InChI=1S/C35H36N2O7S/c1-7-42-34(39)31-22(4)36-35-37(32(31)24-10-14-27(15-11-24)44-21(2)3)33(38)30(45-35)18-23-8-12-26(13-9-23)43-20-25-19-28(40-5)16-17-29(25)41-6/h8-19,21,32H,7,20H2,1-6H3/b30-18-/t32-/m1/s1. The fourth-order valence-corrected chi connectivity index (χ4v) is 6.12. The Morgan fingerprint density at radius 1 is 0.978 bits per heavy atom. The quantitative estimate of drug-likeness (QED) is 0.211. The van der Waals surface area contributed by atoms with Gasteiger partial charge in [-0.25, -0.2) is 9.79 Å². The number of ether oxygens (including phenoxy) is 5. The number of thiazole rings is 1. The van der Waals surface area contributed by atoms with Crippen molar-refractivity contribution >= 4 is 23.4 Å². The molecule has 5 rings (SSSR count). The van der Waals surface area contributed by atoms with Crippen LogP contribution in [0.15, 0.2) is 87.8 Å². The van der Waals surface area contributed by atoms with Crippen LogP contribution in [0.4, 0.5) is 0 Å². The van der Waals surface area contributed by atoms with Gasteiger partial charge in [0.25, 0.3) is 5.56 Å². The van der Waals surface area contributed by atoms with Crippen LogP contribution in [0.5, 0.6) is 23.0 Å². The number of nitrogens with zero attached hydrogens (tertiary/aromatic N) is 2. The second-order valence-electron chi connectivity index (χ2n) is 10.6. The number of hydrogen-bond donors (Lipinski definition) is 0. The number of carbonyl (C=O) groups is 1. The molecule has 45 heavy (non-hydrogen) atoms. The van der Waals surface area contributed by atoms with Gasteiger partial charge in [0.2, 0.25) is 0 Å². The lowest BCUT2D eigenvalue weighted by molar-refractivity contribution is -0.139. The van der Waals surface area contributed by atoms with E-state index in [9.17, 15) is 9.59 Å². The molecule has 10 heteroatoms. The normalized spacial score (nSPS) is 14.6. The van der Waals surface area contributed by atoms with Crippen LogP contribution in [-0.2, 0) is 16.1 Å². The highest BCUT2D eigenvalue weighted by Gasteiger charge is 2.33. The Kier molecular flexibility index (Phi) is 9.73. The first-order valence-corrected chi connectivity index (χ1v) is 15.4. The summed E-state index contributed by atoms with van der Waals surface area (Å²) in [7, 11) is 3.23. The molecule has 0 amide bonds. The van der Waals surface area contributed by atoms with Gasteiger partial charge in [0.1, 0.15) is 29.6 Å². The predicted octanol–water partition coefficient (Wildman–Crippen LogP) is 5.18. The SMILES string of the molecule is CCOC(=O)C1=C(C)N=c2s/c(=C\c3ccc(OCc4cc(OC)ccc4OC)cc3)c(=O)n2[C@@H]1c1ccc(OC(C)C)cc1. The van der Waals surface area contributed by atoms with Crippen molar-refractivity contribution in [2.75, 3.05) is 20.8 Å². The van der Waals surface area contributed by atoms with E-state index in [0.717, 1.165) is 22.4 Å². The molecule has 0 spiro atoms. The zero-order valence-corrected chi connectivity index (χ0v) is 27.0. The Morgan fingerprint density at radius 3 is 2.31 bits per heavy atom. The molecular formula is C35H36N2O7S. The average Bonchev–Trinajstić information content (AvgIpc) is 3.33. The van der Waals surface area contributed by atoms with Gasteiger partial charge in [-0.2, -0.15) is 0 Å². The van der Waals surface area contributed by atoms with E-state index < -0.39 is 12.0 Å². The number of carbonyl (C=O) groups excluding carboxylic acids is 1. The molecule has 0 unspecified atom stereocenters. The molecular weight excluding hydrogens is 592 g/mol. The molecule has 0 fully saturated rings. The molecule has 1 atom stereocenters. The van der Waals surface area contributed by atoms with Crippen LogP contribution in [-0.4, -0.2) is 37.5 Å². The van der Waals surface area contributed by atoms with E-state index in [-0.39, 0.29) is 18.3 Å². The average molecular weight is 629 g/mol. The molecule has 0 N–H and O–H groups in total. The largest absolute Gasteiger partial charge is 0.497 e. The van der Waals surface area contributed by atoms with Gasteiger partial charge in [0.15, 0.2) is 4.80 Å². The molecule has 0 bridgehead atoms. The van der Waals surface area contributed by atoms with Gasteiger partial charge >= 0.3 is 5.97 Å². The summed E-state index contributed by atoms with van der Waals surface area (Å²) in [6.07, 6.45) is 1.83. The van der Waals surface area contributed by atoms with Crippen LogP contribution in [0.2, 0.25) is 0 Å². The molecule has 234 valence electrons. The maximum absolute atomic E-state index is 13.9. The van der Waals surface area contributed by atoms with Gasteiger partial charge in [-0.1, -0.05) is 35.6 Å². The van der Waals surface area contributed by atoms with Gasteiger partial charge in [0, 0.05) is 5.56 Å². The lowest BCUT2D eigenvalue weighted by atomic mass is 9.96. The highest BCUT2D eigenvalue weighted by Crippen LogP contribution is 2.32. The second-order valence-corrected chi connectivity index (χ2v) is 11.6. The number of rotatable bonds is 11. The van der Waals surface area contributed by atoms with Crippen molar-refractivity contribution in [1.29, 1.82) is 0 Å². The summed E-state index contributed by atoms with van der Waals surface area (Å²) >= 11 is 1.28. The number of allylic oxidation sites excluding steroid dienone is 1. The van der Waals surface area contributed by atoms with E-state index in [1.807, 2.05) is 86.7 Å².